The van der Waals surface area contributed by atoms with Gasteiger partial charge in [-0.25, -0.2) is 4.68 Å². The summed E-state index contributed by atoms with van der Waals surface area (Å²) in [7, 11) is 0. The Morgan fingerprint density at radius 2 is 2.06 bits per heavy atom. The predicted molar refractivity (Wildman–Crippen MR) is 78.8 cm³/mol. The number of nitrogens with two attached hydrogens (primary N) is 1. The first-order valence-electron chi connectivity index (χ1n) is 5.77. The van der Waals surface area contributed by atoms with Crippen LogP contribution >= 0.6 is 22.6 Å². The maximum Gasteiger partial charge on any atom is 0.135 e. The van der Waals surface area contributed by atoms with Gasteiger partial charge < -0.3 is 5.73 Å². The summed E-state index contributed by atoms with van der Waals surface area (Å²) in [5, 5.41) is 4.39. The van der Waals surface area contributed by atoms with Gasteiger partial charge >= 0.3 is 0 Å². The number of nitrogens with zero attached hydrogens (tertiary/aromatic N) is 2. The Hall–Kier alpha value is -1.04. The Kier molecular flexibility index (Phi) is 4.04. The number of anilines is 1. The minimum Gasteiger partial charge on any atom is -0.383 e. The number of aromatic nitrogens is 2. The lowest BCUT2D eigenvalue weighted by Gasteiger charge is -2.18. The summed E-state index contributed by atoms with van der Waals surface area (Å²) in [5.41, 5.74) is 7.33. The summed E-state index contributed by atoms with van der Waals surface area (Å²) in [6.07, 6.45) is 3.98. The van der Waals surface area contributed by atoms with E-state index in [-0.39, 0.29) is 6.04 Å². The molecule has 2 rings (SSSR count). The third kappa shape index (κ3) is 2.62. The van der Waals surface area contributed by atoms with Gasteiger partial charge in [0.15, 0.2) is 0 Å². The van der Waals surface area contributed by atoms with Crippen molar-refractivity contribution in [2.45, 2.75) is 25.8 Å². The highest BCUT2D eigenvalue weighted by Gasteiger charge is 2.16. The van der Waals surface area contributed by atoms with Crippen LogP contribution in [0.4, 0.5) is 5.82 Å². The molecule has 0 radical (unpaired) electrons. The van der Waals surface area contributed by atoms with Crippen molar-refractivity contribution in [3.8, 4) is 0 Å². The average Bonchev–Trinajstić information content (AvgIpc) is 2.69. The van der Waals surface area contributed by atoms with Crippen LogP contribution in [0.3, 0.4) is 0 Å². The molecule has 2 N–H and O–H groups in total. The molecule has 3 nitrogen and oxygen atoms in total. The van der Waals surface area contributed by atoms with Crippen LogP contribution < -0.4 is 5.73 Å². The molecule has 2 aromatic rings. The molecule has 1 atom stereocenters. The lowest BCUT2D eigenvalue weighted by Crippen LogP contribution is -2.14. The molecule has 0 aliphatic heterocycles. The second-order valence-corrected chi connectivity index (χ2v) is 5.20. The SMILES string of the molecule is CCCC(c1ccccc1)n1ncc(I)c1N. The van der Waals surface area contributed by atoms with Crippen molar-refractivity contribution in [2.75, 3.05) is 5.73 Å². The first kappa shape index (κ1) is 12.4. The largest absolute Gasteiger partial charge is 0.383 e. The van der Waals surface area contributed by atoms with Gasteiger partial charge in [0.1, 0.15) is 5.82 Å². The van der Waals surface area contributed by atoms with Crippen LogP contribution in [-0.4, -0.2) is 9.78 Å². The monoisotopic (exact) mass is 341 g/mol. The Balaban J connectivity index is 2.39. The van der Waals surface area contributed by atoms with Crippen LogP contribution in [0.15, 0.2) is 36.5 Å². The van der Waals surface area contributed by atoms with E-state index in [1.54, 1.807) is 0 Å². The van der Waals surface area contributed by atoms with Crippen LogP contribution in [0, 0.1) is 3.57 Å². The number of halogens is 1. The number of benzene rings is 1. The quantitative estimate of drug-likeness (QED) is 0.866. The van der Waals surface area contributed by atoms with Crippen LogP contribution in [0.1, 0.15) is 31.4 Å². The Morgan fingerprint density at radius 3 is 2.59 bits per heavy atom. The Labute approximate surface area is 115 Å². The second kappa shape index (κ2) is 5.53. The lowest BCUT2D eigenvalue weighted by molar-refractivity contribution is 0.490. The highest BCUT2D eigenvalue weighted by molar-refractivity contribution is 14.1. The number of hydrogen-bond acceptors (Lipinski definition) is 2. The molecule has 0 aliphatic carbocycles. The first-order chi connectivity index (χ1) is 8.24. The molecular weight excluding hydrogens is 325 g/mol. The van der Waals surface area contributed by atoms with Gasteiger partial charge in [-0.2, -0.15) is 5.10 Å². The molecule has 90 valence electrons. The van der Waals surface area contributed by atoms with Crippen LogP contribution in [0.5, 0.6) is 0 Å². The summed E-state index contributed by atoms with van der Waals surface area (Å²) in [4.78, 5) is 0. The molecule has 0 saturated heterocycles. The molecule has 1 heterocycles. The summed E-state index contributed by atoms with van der Waals surface area (Å²) in [5.74, 6) is 0.757. The highest BCUT2D eigenvalue weighted by Crippen LogP contribution is 2.27. The smallest absolute Gasteiger partial charge is 0.135 e. The van der Waals surface area contributed by atoms with Crippen molar-refractivity contribution in [3.63, 3.8) is 0 Å². The van der Waals surface area contributed by atoms with Crippen molar-refractivity contribution in [2.24, 2.45) is 0 Å². The lowest BCUT2D eigenvalue weighted by atomic mass is 10.0. The van der Waals surface area contributed by atoms with Gasteiger partial charge in [-0.1, -0.05) is 43.7 Å². The minimum absolute atomic E-state index is 0.240. The van der Waals surface area contributed by atoms with Crippen molar-refractivity contribution < 1.29 is 0 Å². The fourth-order valence-electron chi connectivity index (χ4n) is 1.98. The first-order valence-corrected chi connectivity index (χ1v) is 6.85. The molecule has 4 heteroatoms. The standard InChI is InChI=1S/C13H16IN3/c1-2-6-12(10-7-4-3-5-8-10)17-13(15)11(14)9-16-17/h3-5,7-9,12H,2,6,15H2,1H3. The van der Waals surface area contributed by atoms with Crippen LogP contribution in [-0.2, 0) is 0 Å². The molecule has 1 aromatic heterocycles. The summed E-state index contributed by atoms with van der Waals surface area (Å²) in [6.45, 7) is 2.18. The molecule has 1 aromatic carbocycles. The Bertz CT molecular complexity index is 479. The third-order valence-electron chi connectivity index (χ3n) is 2.83. The summed E-state index contributed by atoms with van der Waals surface area (Å²) in [6, 6.07) is 10.7. The van der Waals surface area contributed by atoms with E-state index < -0.39 is 0 Å². The molecular formula is C13H16IN3. The fraction of sp³-hybridized carbons (Fsp3) is 0.308. The topological polar surface area (TPSA) is 43.8 Å². The minimum atomic E-state index is 0.240. The van der Waals surface area contributed by atoms with Crippen molar-refractivity contribution in [1.29, 1.82) is 0 Å². The van der Waals surface area contributed by atoms with Gasteiger partial charge in [0.25, 0.3) is 0 Å². The number of nitrogen functional groups attached to an aromatic ring is 1. The second-order valence-electron chi connectivity index (χ2n) is 4.04. The Morgan fingerprint density at radius 1 is 1.35 bits per heavy atom. The van der Waals surface area contributed by atoms with E-state index in [1.807, 2.05) is 16.9 Å². The molecule has 0 saturated carbocycles. The average molecular weight is 341 g/mol. The number of hydrogen-bond donors (Lipinski definition) is 1. The van der Waals surface area contributed by atoms with Crippen LogP contribution in [0.25, 0.3) is 0 Å². The maximum absolute atomic E-state index is 6.06. The molecule has 17 heavy (non-hydrogen) atoms. The molecule has 0 aliphatic rings. The van der Waals surface area contributed by atoms with E-state index in [0.29, 0.717) is 0 Å². The van der Waals surface area contributed by atoms with Crippen molar-refractivity contribution >= 4 is 28.4 Å². The van der Waals surface area contributed by atoms with Gasteiger partial charge in [0.2, 0.25) is 0 Å². The number of rotatable bonds is 4. The van der Waals surface area contributed by atoms with E-state index in [0.717, 1.165) is 22.2 Å². The van der Waals surface area contributed by atoms with Gasteiger partial charge in [-0.05, 0) is 34.6 Å². The van der Waals surface area contributed by atoms with E-state index in [2.05, 4.69) is 58.9 Å². The fourth-order valence-corrected chi connectivity index (χ4v) is 2.35. The van der Waals surface area contributed by atoms with Crippen LogP contribution in [0.2, 0.25) is 0 Å². The molecule has 0 amide bonds. The maximum atomic E-state index is 6.06. The molecule has 0 spiro atoms. The van der Waals surface area contributed by atoms with E-state index in [1.165, 1.54) is 5.56 Å². The normalized spacial score (nSPS) is 12.6. The molecule has 0 bridgehead atoms. The highest BCUT2D eigenvalue weighted by atomic mass is 127. The summed E-state index contributed by atoms with van der Waals surface area (Å²) >= 11 is 2.22. The zero-order valence-corrected chi connectivity index (χ0v) is 12.0. The van der Waals surface area contributed by atoms with Gasteiger partial charge in [-0.15, -0.1) is 0 Å². The van der Waals surface area contributed by atoms with E-state index in [4.69, 9.17) is 5.73 Å². The zero-order chi connectivity index (χ0) is 12.3. The summed E-state index contributed by atoms with van der Waals surface area (Å²) < 4.78 is 2.94. The molecule has 0 fully saturated rings. The van der Waals surface area contributed by atoms with Gasteiger partial charge in [0, 0.05) is 0 Å². The zero-order valence-electron chi connectivity index (χ0n) is 9.81. The molecule has 1 unspecified atom stereocenters. The third-order valence-corrected chi connectivity index (χ3v) is 3.66. The van der Waals surface area contributed by atoms with Gasteiger partial charge in [-0.3, -0.25) is 0 Å². The van der Waals surface area contributed by atoms with Crippen molar-refractivity contribution in [3.05, 3.63) is 45.7 Å². The van der Waals surface area contributed by atoms with E-state index in [9.17, 15) is 0 Å². The van der Waals surface area contributed by atoms with E-state index >= 15 is 0 Å². The van der Waals surface area contributed by atoms with Gasteiger partial charge in [0.05, 0.1) is 15.8 Å². The predicted octanol–water partition coefficient (Wildman–Crippen LogP) is 3.46. The van der Waals surface area contributed by atoms with Crippen molar-refractivity contribution in [1.82, 2.24) is 9.78 Å².